The number of nitrogens with two attached hydrogens (primary N) is 2. The van der Waals surface area contributed by atoms with Crippen LogP contribution in [0.15, 0.2) is 122 Å². The van der Waals surface area contributed by atoms with Gasteiger partial charge in [-0.2, -0.15) is 0 Å². The van der Waals surface area contributed by atoms with Crippen molar-refractivity contribution < 1.29 is 118 Å². The van der Waals surface area contributed by atoms with Crippen molar-refractivity contribution in [3.8, 4) is 28.7 Å². The van der Waals surface area contributed by atoms with E-state index in [-0.39, 0.29) is 135 Å². The molecule has 5 saturated carbocycles. The summed E-state index contributed by atoms with van der Waals surface area (Å²) in [4.78, 5) is 141. The van der Waals surface area contributed by atoms with Crippen molar-refractivity contribution in [2.75, 3.05) is 40.0 Å². The maximum atomic E-state index is 16.8. The second-order valence-corrected chi connectivity index (χ2v) is 35.6. The number of carbonyl (C=O) groups excluding carboxylic acids is 9. The van der Waals surface area contributed by atoms with Crippen LogP contribution in [0.5, 0.6) is 28.7 Å². The first kappa shape index (κ1) is 87.7. The largest absolute Gasteiger partial charge is 0.490 e. The van der Waals surface area contributed by atoms with Gasteiger partial charge in [-0.3, -0.25) is 48.5 Å². The zero-order chi connectivity index (χ0) is 87.0. The van der Waals surface area contributed by atoms with Crippen LogP contribution in [-0.4, -0.2) is 241 Å². The Balaban J connectivity index is 0.896. The number of alkyl halides is 1. The Labute approximate surface area is 711 Å². The molecular formula is C85H105Cl2N11O24. The van der Waals surface area contributed by atoms with Crippen molar-refractivity contribution >= 4 is 76.4 Å². The first-order valence-corrected chi connectivity index (χ1v) is 42.5. The molecule has 10 aliphatic carbocycles. The quantitative estimate of drug-likeness (QED) is 0.0332. The van der Waals surface area contributed by atoms with Gasteiger partial charge in [0, 0.05) is 41.0 Å². The van der Waals surface area contributed by atoms with Crippen LogP contribution in [-0.2, 0) is 43.1 Å². The third-order valence-corrected chi connectivity index (χ3v) is 26.8. The predicted octanol–water partition coefficient (Wildman–Crippen LogP) is -0.864. The molecule has 0 radical (unpaired) electrons. The fourth-order valence-electron chi connectivity index (χ4n) is 19.8. The number of amides is 9. The van der Waals surface area contributed by atoms with Gasteiger partial charge >= 0.3 is 0 Å². The number of ether oxygens (including phenoxy) is 6. The Kier molecular flexibility index (Phi) is 25.5. The lowest BCUT2D eigenvalue weighted by atomic mass is 9.54. The SMILES string of the molecule is CN[C@H](CC(C)C)C(=O)N[C@H]1C(=O)NC2(C[C@H]2C(=O)NC(=O)c2ccc(OCCCN)c(OCCCN)c2)C(=O)N[C@H]2C(=O)N[C@H]3C(=O)N[C@H](C(=O)N[C@H](C(=O)NC4C5CC6CC(C5)CC4C6)C4=C[C@H](O)C(C)C5=C4C4CC3=CC=C4C5(O)O)[C@H](O)C3=CC=C(Oc4cc2cc(c4O[C@@H]2O[C@H](CO)[C@@H](O)[C@H](O)[C@H]2O)OC2=C(Cl)C=C(CC2)[C@H]1O)[C@@H](Cl)C3. The molecule has 0 aromatic heterocycles. The van der Waals surface area contributed by atoms with Gasteiger partial charge in [-0.15, -0.1) is 11.6 Å². The van der Waals surface area contributed by atoms with Crippen LogP contribution in [0, 0.1) is 47.3 Å². The number of halogens is 2. The van der Waals surface area contributed by atoms with Crippen molar-refractivity contribution in [2.45, 2.75) is 212 Å². The minimum Gasteiger partial charge on any atom is -0.490 e. The third-order valence-electron chi connectivity index (χ3n) is 26.1. The van der Waals surface area contributed by atoms with Crippen LogP contribution in [0.4, 0.5) is 0 Å². The molecule has 22 N–H and O–H groups in total. The standard InChI is InChI=1S/C85H105Cl2N11O24/c1-34(2)19-51(90-4)76(108)94-67-69(102)40-9-13-54(50(87)27-40)120-58-30-44-29-57(73(58)122-82-72(105)71(104)70(103)59(33-99)121-82)119-53-12-8-39(26-49(53)86)68(101)66-80(112)93-65(79(111)91-62-42-21-36-20-37(23-42)24-43(62)22-36)46-31-52(100)35(3)61-60(46)45-25-38(7-11-47(45)85(61,115)116)63(77(109)95-66)92-78(110)64(44)96-83(114)84(98-81(67)113)32-48(84)75(107)97-74(106)41-10-14-55(117-17-5-15-88)56(28-41)118-18-6-16-89/h7-8,10-12,14,27-31,34-37,42-43,45,48-49,51-52,59,62-72,82,90,99-105,115-116H,5-6,9,13,15-26,32-33,88-89H2,1-4H3,(H,91,111)(H,92,110)(H,93,112)(H,94,108)(H,95,109)(H,96,114)(H,98,113)(H,97,106,107)/t35?,36?,37?,42?,43?,45?,48-,49-,51+,52-,59+,62?,63+,64+,65-,66-,67+,68+,69+,70+,71-,72+,82-,84?/m0/s1. The maximum absolute atomic E-state index is 16.8. The first-order valence-electron chi connectivity index (χ1n) is 41.7. The molecule has 3 unspecified atom stereocenters. The van der Waals surface area contributed by atoms with Gasteiger partial charge in [-0.05, 0) is 209 Å². The van der Waals surface area contributed by atoms with Gasteiger partial charge in [0.2, 0.25) is 65.1 Å². The maximum Gasteiger partial charge on any atom is 0.257 e. The lowest BCUT2D eigenvalue weighted by Crippen LogP contribution is -2.64. The number of carbonyl (C=O) groups is 9. The molecule has 122 heavy (non-hydrogen) atoms. The molecule has 658 valence electrons. The second-order valence-electron chi connectivity index (χ2n) is 34.6. The molecule has 19 atom stereocenters. The summed E-state index contributed by atoms with van der Waals surface area (Å²) in [6, 6.07) is -5.44. The van der Waals surface area contributed by atoms with E-state index in [1.54, 1.807) is 6.92 Å². The van der Waals surface area contributed by atoms with E-state index in [1.165, 1.54) is 61.7 Å². The van der Waals surface area contributed by atoms with Crippen molar-refractivity contribution in [2.24, 2.45) is 58.8 Å². The molecule has 7 fully saturated rings. The van der Waals surface area contributed by atoms with Crippen LogP contribution in [0.25, 0.3) is 0 Å². The summed E-state index contributed by atoms with van der Waals surface area (Å²) in [7, 11) is 1.50. The number of rotatable bonds is 20. The minimum atomic E-state index is -2.86. The van der Waals surface area contributed by atoms with Crippen molar-refractivity contribution in [1.82, 2.24) is 47.9 Å². The Morgan fingerprint density at radius 1 is 0.730 bits per heavy atom. The van der Waals surface area contributed by atoms with Gasteiger partial charge in [0.15, 0.2) is 23.0 Å². The molecular weight excluding hydrogens is 1630 g/mol. The average Bonchev–Trinajstić information content (AvgIpc) is 1.55. The molecule has 18 rings (SSSR count). The van der Waals surface area contributed by atoms with E-state index >= 15 is 33.6 Å². The van der Waals surface area contributed by atoms with E-state index in [0.717, 1.165) is 44.2 Å². The van der Waals surface area contributed by atoms with Crippen molar-refractivity contribution in [1.29, 1.82) is 0 Å². The van der Waals surface area contributed by atoms with E-state index in [2.05, 4.69) is 47.9 Å². The molecule has 6 heterocycles. The number of nitrogens with one attached hydrogen (secondary N) is 9. The second kappa shape index (κ2) is 35.5. The van der Waals surface area contributed by atoms with Crippen LogP contribution in [0.1, 0.15) is 126 Å². The lowest BCUT2D eigenvalue weighted by Gasteiger charge is -2.54. The highest BCUT2D eigenvalue weighted by atomic mass is 35.5. The summed E-state index contributed by atoms with van der Waals surface area (Å²) in [5, 5.41) is 131. The number of hydrogen-bond acceptors (Lipinski definition) is 27. The highest BCUT2D eigenvalue weighted by Crippen LogP contribution is 2.58. The number of aliphatic hydroxyl groups is 9. The van der Waals surface area contributed by atoms with Gasteiger partial charge in [-0.25, -0.2) is 0 Å². The van der Waals surface area contributed by atoms with Crippen molar-refractivity contribution in [3.63, 3.8) is 0 Å². The zero-order valence-corrected chi connectivity index (χ0v) is 69.0. The number of aliphatic hydroxyl groups excluding tert-OH is 7. The summed E-state index contributed by atoms with van der Waals surface area (Å²) >= 11 is 14.6. The molecule has 2 aromatic carbocycles. The summed E-state index contributed by atoms with van der Waals surface area (Å²) in [5.41, 5.74) is 8.12. The molecule has 15 bridgehead atoms. The number of fused-ring (bicyclic) bond motifs is 10. The zero-order valence-electron chi connectivity index (χ0n) is 67.5. The highest BCUT2D eigenvalue weighted by Gasteiger charge is 2.67. The van der Waals surface area contributed by atoms with Gasteiger partial charge < -0.3 is 128 Å². The van der Waals surface area contributed by atoms with Crippen LogP contribution in [0.2, 0.25) is 0 Å². The highest BCUT2D eigenvalue weighted by molar-refractivity contribution is 6.31. The molecule has 37 heteroatoms. The lowest BCUT2D eigenvalue weighted by molar-refractivity contribution is -0.277. The predicted molar refractivity (Wildman–Crippen MR) is 433 cm³/mol. The molecule has 2 aromatic rings. The Morgan fingerprint density at radius 2 is 1.41 bits per heavy atom. The topological polar surface area (TPSA) is 551 Å². The fourth-order valence-corrected chi connectivity index (χ4v) is 20.4. The minimum absolute atomic E-state index is 0.00858. The molecule has 9 amide bonds. The number of allylic oxidation sites excluding steroid dienone is 8. The molecule has 6 aliphatic heterocycles. The van der Waals surface area contributed by atoms with E-state index in [4.69, 9.17) is 63.1 Å². The number of benzene rings is 2. The van der Waals surface area contributed by atoms with Crippen molar-refractivity contribution in [3.05, 3.63) is 133 Å². The van der Waals surface area contributed by atoms with E-state index in [0.29, 0.717) is 31.2 Å². The van der Waals surface area contributed by atoms with E-state index < -0.39 is 222 Å². The fraction of sp³-hybridized carbons (Fsp3) is 0.565. The monoisotopic (exact) mass is 1730 g/mol. The number of likely N-dealkylation sites (N-methyl/N-ethyl adjacent to an activating group) is 1. The molecule has 2 saturated heterocycles. The van der Waals surface area contributed by atoms with E-state index in [1.807, 2.05) is 13.8 Å². The summed E-state index contributed by atoms with van der Waals surface area (Å²) < 4.78 is 37.8. The van der Waals surface area contributed by atoms with Gasteiger partial charge in [0.25, 0.3) is 5.91 Å². The molecule has 16 aliphatic rings. The summed E-state index contributed by atoms with van der Waals surface area (Å²) in [5.74, 6) is -17.9. The summed E-state index contributed by atoms with van der Waals surface area (Å²) in [6.07, 6.45) is -4.02. The number of imide groups is 1. The first-order chi connectivity index (χ1) is 58.2. The van der Waals surface area contributed by atoms with E-state index in [9.17, 15) is 55.5 Å². The molecule has 35 nitrogen and oxygen atoms in total. The smallest absolute Gasteiger partial charge is 0.257 e. The number of hydrogen-bond donors (Lipinski definition) is 20. The Hall–Kier alpha value is -9.15. The van der Waals surface area contributed by atoms with Crippen LogP contribution < -0.4 is 83.0 Å². The average molecular weight is 1740 g/mol. The van der Waals surface area contributed by atoms with Crippen LogP contribution in [0.3, 0.4) is 0 Å². The van der Waals surface area contributed by atoms with Gasteiger partial charge in [0.1, 0.15) is 83.9 Å². The van der Waals surface area contributed by atoms with Gasteiger partial charge in [-0.1, -0.05) is 50.6 Å². The Bertz CT molecular complexity index is 4800. The normalized spacial score (nSPS) is 34.6. The summed E-state index contributed by atoms with van der Waals surface area (Å²) in [6.45, 7) is 5.06. The molecule has 1 spiro atoms. The third kappa shape index (κ3) is 17.0. The Morgan fingerprint density at radius 3 is 2.07 bits per heavy atom. The van der Waals surface area contributed by atoms with Crippen LogP contribution >= 0.6 is 23.2 Å². The van der Waals surface area contributed by atoms with Gasteiger partial charge in [0.05, 0.1) is 48.3 Å².